The predicted molar refractivity (Wildman–Crippen MR) is 121 cm³/mol. The number of amides is 3. The Balaban J connectivity index is 1.46. The summed E-state index contributed by atoms with van der Waals surface area (Å²) >= 11 is 0. The lowest BCUT2D eigenvalue weighted by atomic mass is 9.84. The van der Waals surface area contributed by atoms with Gasteiger partial charge in [-0.2, -0.15) is 0 Å². The lowest BCUT2D eigenvalue weighted by molar-refractivity contribution is -0.230. The summed E-state index contributed by atoms with van der Waals surface area (Å²) in [5, 5.41) is 28.4. The Morgan fingerprint density at radius 2 is 1.97 bits per heavy atom. The van der Waals surface area contributed by atoms with Crippen LogP contribution in [-0.4, -0.2) is 99.4 Å². The number of rotatable bonds is 5. The normalized spacial score (nSPS) is 30.9. The SMILES string of the molecule is COc1cccc(C(=O)NC2CN3C(N)=N[C@@H](CN4C(=O)CCC4=O)C4N=C(N)NC43C2(O)O)c1. The number of imide groups is 1. The standard InChI is InChI=1S/C21H26N8O6/c1-35-11-4-2-3-10(7-11)17(32)25-13-9-29-19(23)24-12(8-28-14(30)5-6-15(28)31)16-20(29,21(13,33)34)27-18(22)26-16/h2-4,7,12-13,16,33-34H,5-6,8-9H2,1H3,(H2,23,24)(H,25,32)(H3,22,26,27)/t12-,13?,16?,20?/m0/s1. The molecule has 0 radical (unpaired) electrons. The highest BCUT2D eigenvalue weighted by atomic mass is 16.5. The minimum atomic E-state index is -2.63. The number of nitrogens with one attached hydrogen (secondary N) is 2. The van der Waals surface area contributed by atoms with Crippen LogP contribution >= 0.6 is 0 Å². The maximum Gasteiger partial charge on any atom is 0.251 e. The summed E-state index contributed by atoms with van der Waals surface area (Å²) in [7, 11) is 1.47. The Hall–Kier alpha value is -3.91. The first-order valence-corrected chi connectivity index (χ1v) is 11.0. The number of carbonyl (C=O) groups is 3. The fraction of sp³-hybridized carbons (Fsp3) is 0.476. The van der Waals surface area contributed by atoms with Crippen LogP contribution in [0.25, 0.3) is 0 Å². The average molecular weight is 486 g/mol. The molecular formula is C21H26N8O6. The van der Waals surface area contributed by atoms with Gasteiger partial charge in [-0.05, 0) is 18.2 Å². The van der Waals surface area contributed by atoms with Crippen LogP contribution in [0.2, 0.25) is 0 Å². The third-order valence-corrected chi connectivity index (χ3v) is 6.96. The summed E-state index contributed by atoms with van der Waals surface area (Å²) in [5.41, 5.74) is 10.6. The van der Waals surface area contributed by atoms with Crippen LogP contribution in [0.3, 0.4) is 0 Å². The number of nitrogens with two attached hydrogens (primary N) is 2. The van der Waals surface area contributed by atoms with E-state index in [1.54, 1.807) is 18.2 Å². The molecule has 1 aromatic carbocycles. The van der Waals surface area contributed by atoms with Crippen molar-refractivity contribution >= 4 is 29.6 Å². The van der Waals surface area contributed by atoms with Gasteiger partial charge in [-0.3, -0.25) is 19.3 Å². The predicted octanol–water partition coefficient (Wildman–Crippen LogP) is -3.38. The van der Waals surface area contributed by atoms with Crippen LogP contribution in [0.1, 0.15) is 23.2 Å². The number of methoxy groups -OCH3 is 1. The average Bonchev–Trinajstić information content (AvgIpc) is 3.42. The Labute approximate surface area is 199 Å². The van der Waals surface area contributed by atoms with E-state index in [1.807, 2.05) is 0 Å². The van der Waals surface area contributed by atoms with Crippen molar-refractivity contribution in [1.29, 1.82) is 0 Å². The molecule has 2 fully saturated rings. The van der Waals surface area contributed by atoms with Gasteiger partial charge in [-0.15, -0.1) is 0 Å². The van der Waals surface area contributed by atoms with Crippen molar-refractivity contribution in [1.82, 2.24) is 20.4 Å². The van der Waals surface area contributed by atoms with Crippen LogP contribution in [0.15, 0.2) is 34.3 Å². The molecule has 4 aliphatic rings. The van der Waals surface area contributed by atoms with Gasteiger partial charge in [-0.25, -0.2) is 9.98 Å². The van der Waals surface area contributed by atoms with Gasteiger partial charge in [0, 0.05) is 24.9 Å². The molecule has 1 spiro atoms. The highest BCUT2D eigenvalue weighted by molar-refractivity contribution is 6.02. The Morgan fingerprint density at radius 3 is 2.66 bits per heavy atom. The molecule has 0 saturated carbocycles. The smallest absolute Gasteiger partial charge is 0.251 e. The van der Waals surface area contributed by atoms with Crippen LogP contribution in [0.4, 0.5) is 0 Å². The number of hydrogen-bond donors (Lipinski definition) is 6. The number of aliphatic imine (C=N–C) groups is 2. The monoisotopic (exact) mass is 486 g/mol. The van der Waals surface area contributed by atoms with E-state index in [-0.39, 0.29) is 55.2 Å². The fourth-order valence-electron chi connectivity index (χ4n) is 5.25. The Morgan fingerprint density at radius 1 is 1.26 bits per heavy atom. The van der Waals surface area contributed by atoms with Crippen molar-refractivity contribution in [2.24, 2.45) is 21.5 Å². The largest absolute Gasteiger partial charge is 0.497 e. The Bertz CT molecular complexity index is 1150. The van der Waals surface area contributed by atoms with Gasteiger partial charge in [0.2, 0.25) is 17.6 Å². The van der Waals surface area contributed by atoms with Crippen molar-refractivity contribution in [3.05, 3.63) is 29.8 Å². The molecule has 0 aliphatic carbocycles. The van der Waals surface area contributed by atoms with E-state index in [1.165, 1.54) is 18.1 Å². The first-order chi connectivity index (χ1) is 16.6. The highest BCUT2D eigenvalue weighted by Crippen LogP contribution is 2.45. The maximum atomic E-state index is 12.9. The van der Waals surface area contributed by atoms with Gasteiger partial charge in [0.25, 0.3) is 5.91 Å². The van der Waals surface area contributed by atoms with Crippen LogP contribution in [0.5, 0.6) is 5.75 Å². The molecule has 5 rings (SSSR count). The zero-order valence-corrected chi connectivity index (χ0v) is 18.8. The molecule has 3 amide bonds. The zero-order chi connectivity index (χ0) is 25.1. The number of guanidine groups is 2. The molecule has 0 aromatic heterocycles. The van der Waals surface area contributed by atoms with Crippen molar-refractivity contribution in [2.75, 3.05) is 20.2 Å². The summed E-state index contributed by atoms with van der Waals surface area (Å²) in [6.45, 7) is -0.271. The van der Waals surface area contributed by atoms with E-state index in [2.05, 4.69) is 20.6 Å². The molecule has 2 saturated heterocycles. The number of ether oxygens (including phenoxy) is 1. The van der Waals surface area contributed by atoms with E-state index in [0.29, 0.717) is 5.75 Å². The van der Waals surface area contributed by atoms with Gasteiger partial charge in [0.15, 0.2) is 17.6 Å². The van der Waals surface area contributed by atoms with Crippen molar-refractivity contribution in [3.63, 3.8) is 0 Å². The summed E-state index contributed by atoms with van der Waals surface area (Å²) in [5.74, 6) is -3.61. The summed E-state index contributed by atoms with van der Waals surface area (Å²) in [4.78, 5) is 48.5. The number of hydrogen-bond acceptors (Lipinski definition) is 12. The van der Waals surface area contributed by atoms with Crippen molar-refractivity contribution in [3.8, 4) is 5.75 Å². The molecule has 14 heteroatoms. The number of benzene rings is 1. The molecule has 4 aliphatic heterocycles. The molecule has 1 aromatic rings. The van der Waals surface area contributed by atoms with Crippen LogP contribution in [-0.2, 0) is 9.59 Å². The molecular weight excluding hydrogens is 460 g/mol. The molecule has 4 heterocycles. The van der Waals surface area contributed by atoms with Gasteiger partial charge in [-0.1, -0.05) is 6.07 Å². The van der Waals surface area contributed by atoms with E-state index in [0.717, 1.165) is 4.90 Å². The van der Waals surface area contributed by atoms with Gasteiger partial charge >= 0.3 is 0 Å². The number of nitrogens with zero attached hydrogens (tertiary/aromatic N) is 4. The number of carbonyl (C=O) groups excluding carboxylic acids is 3. The third kappa shape index (κ3) is 3.28. The molecule has 8 N–H and O–H groups in total. The Kier molecular flexibility index (Phi) is 5.10. The number of likely N-dealkylation sites (tertiary alicyclic amines) is 1. The zero-order valence-electron chi connectivity index (χ0n) is 18.8. The molecule has 35 heavy (non-hydrogen) atoms. The number of aliphatic hydroxyl groups is 2. The molecule has 3 unspecified atom stereocenters. The lowest BCUT2D eigenvalue weighted by Crippen LogP contribution is -2.78. The summed E-state index contributed by atoms with van der Waals surface area (Å²) < 4.78 is 5.15. The summed E-state index contributed by atoms with van der Waals surface area (Å²) in [6, 6.07) is 3.23. The first kappa shape index (κ1) is 22.9. The molecule has 186 valence electrons. The van der Waals surface area contributed by atoms with Gasteiger partial charge < -0.3 is 42.0 Å². The van der Waals surface area contributed by atoms with Gasteiger partial charge in [0.1, 0.15) is 17.8 Å². The molecule has 14 nitrogen and oxygen atoms in total. The second-order valence-corrected chi connectivity index (χ2v) is 8.90. The van der Waals surface area contributed by atoms with Crippen LogP contribution in [0, 0.1) is 0 Å². The van der Waals surface area contributed by atoms with Crippen molar-refractivity contribution in [2.45, 2.75) is 42.4 Å². The second-order valence-electron chi connectivity index (χ2n) is 8.90. The van der Waals surface area contributed by atoms with Crippen LogP contribution < -0.4 is 26.8 Å². The molecule has 0 bridgehead atoms. The lowest BCUT2D eigenvalue weighted by Gasteiger charge is -2.49. The summed E-state index contributed by atoms with van der Waals surface area (Å²) in [6.07, 6.45) is 0.192. The van der Waals surface area contributed by atoms with Crippen molar-refractivity contribution < 1.29 is 29.3 Å². The van der Waals surface area contributed by atoms with E-state index in [9.17, 15) is 24.6 Å². The maximum absolute atomic E-state index is 12.9. The fourth-order valence-corrected chi connectivity index (χ4v) is 5.25. The highest BCUT2D eigenvalue weighted by Gasteiger charge is 2.73. The van der Waals surface area contributed by atoms with E-state index in [4.69, 9.17) is 16.2 Å². The van der Waals surface area contributed by atoms with E-state index < -0.39 is 35.5 Å². The minimum absolute atomic E-state index is 0.0756. The van der Waals surface area contributed by atoms with E-state index >= 15 is 0 Å². The molecule has 4 atom stereocenters. The third-order valence-electron chi connectivity index (χ3n) is 6.96. The topological polar surface area (TPSA) is 208 Å². The second kappa shape index (κ2) is 7.81. The quantitative estimate of drug-likeness (QED) is 0.180. The first-order valence-electron chi connectivity index (χ1n) is 11.0. The minimum Gasteiger partial charge on any atom is -0.497 e. The van der Waals surface area contributed by atoms with Gasteiger partial charge in [0.05, 0.1) is 19.7 Å².